The summed E-state index contributed by atoms with van der Waals surface area (Å²) in [6.07, 6.45) is 8.62. The summed E-state index contributed by atoms with van der Waals surface area (Å²) in [6.45, 7) is 20.9. The monoisotopic (exact) mass is 382 g/mol. The second kappa shape index (κ2) is 8.56. The summed E-state index contributed by atoms with van der Waals surface area (Å²) in [4.78, 5) is 12.7. The molecule has 0 bridgehead atoms. The molecule has 2 atom stereocenters. The standard InChI is InChI=1S/C21H42O2Si2/c1-10-11-12-13-17-14-18(22)15-19(16-20(17)24(5,6)7)23-25(8,9)21(2,3)4/h16-17,20H,10-15H2,1-9H3/t17-,20-/m0/s1. The molecule has 0 heterocycles. The largest absolute Gasteiger partial charge is 0.546 e. The van der Waals surface area contributed by atoms with Crippen molar-refractivity contribution in [1.29, 1.82) is 0 Å². The van der Waals surface area contributed by atoms with E-state index in [1.54, 1.807) is 0 Å². The van der Waals surface area contributed by atoms with Crippen LogP contribution in [0, 0.1) is 5.92 Å². The number of unbranched alkanes of at least 4 members (excludes halogenated alkanes) is 2. The number of hydrogen-bond acceptors (Lipinski definition) is 2. The van der Waals surface area contributed by atoms with Crippen molar-refractivity contribution in [3.63, 3.8) is 0 Å². The molecule has 146 valence electrons. The molecule has 0 amide bonds. The van der Waals surface area contributed by atoms with E-state index in [0.717, 1.165) is 12.2 Å². The molecule has 0 aliphatic heterocycles. The van der Waals surface area contributed by atoms with Crippen molar-refractivity contribution >= 4 is 22.2 Å². The van der Waals surface area contributed by atoms with Crippen LogP contribution >= 0.6 is 0 Å². The average molecular weight is 383 g/mol. The number of allylic oxidation sites excluding steroid dienone is 2. The van der Waals surface area contributed by atoms with Gasteiger partial charge < -0.3 is 4.43 Å². The molecule has 4 heteroatoms. The zero-order valence-corrected chi connectivity index (χ0v) is 20.3. The van der Waals surface area contributed by atoms with Crippen LogP contribution in [0.25, 0.3) is 0 Å². The molecule has 0 unspecified atom stereocenters. The molecule has 0 saturated carbocycles. The summed E-state index contributed by atoms with van der Waals surface area (Å²) in [5.41, 5.74) is 0.551. The molecule has 0 aromatic carbocycles. The molecule has 1 aliphatic carbocycles. The highest BCUT2D eigenvalue weighted by atomic mass is 28.4. The van der Waals surface area contributed by atoms with E-state index < -0.39 is 16.4 Å². The van der Waals surface area contributed by atoms with Crippen molar-refractivity contribution in [2.45, 2.75) is 110 Å². The predicted molar refractivity (Wildman–Crippen MR) is 115 cm³/mol. The Morgan fingerprint density at radius 1 is 1.12 bits per heavy atom. The van der Waals surface area contributed by atoms with Crippen molar-refractivity contribution in [2.75, 3.05) is 0 Å². The Morgan fingerprint density at radius 2 is 1.72 bits per heavy atom. The summed E-state index contributed by atoms with van der Waals surface area (Å²) >= 11 is 0. The van der Waals surface area contributed by atoms with E-state index in [1.165, 1.54) is 25.7 Å². The predicted octanol–water partition coefficient (Wildman–Crippen LogP) is 7.16. The molecule has 0 fully saturated rings. The lowest BCUT2D eigenvalue weighted by Gasteiger charge is -2.38. The van der Waals surface area contributed by atoms with Crippen LogP contribution in [0.5, 0.6) is 0 Å². The second-order valence-electron chi connectivity index (χ2n) is 10.6. The van der Waals surface area contributed by atoms with E-state index in [-0.39, 0.29) is 5.04 Å². The summed E-state index contributed by atoms with van der Waals surface area (Å²) < 4.78 is 6.59. The maximum Gasteiger partial charge on any atom is 0.250 e. The molecule has 0 aromatic rings. The fourth-order valence-electron chi connectivity index (χ4n) is 3.53. The smallest absolute Gasteiger partial charge is 0.250 e. The Balaban J connectivity index is 3.10. The maximum absolute atomic E-state index is 12.7. The molecule has 0 spiro atoms. The van der Waals surface area contributed by atoms with Gasteiger partial charge >= 0.3 is 0 Å². The van der Waals surface area contributed by atoms with Gasteiger partial charge in [0.05, 0.1) is 20.3 Å². The number of ketones is 1. The molecule has 1 rings (SSSR count). The topological polar surface area (TPSA) is 26.3 Å². The quantitative estimate of drug-likeness (QED) is 0.345. The van der Waals surface area contributed by atoms with Crippen LogP contribution in [0.15, 0.2) is 11.8 Å². The van der Waals surface area contributed by atoms with E-state index in [0.29, 0.717) is 23.7 Å². The van der Waals surface area contributed by atoms with Crippen LogP contribution in [0.2, 0.25) is 43.3 Å². The fourth-order valence-corrected chi connectivity index (χ4v) is 7.01. The van der Waals surface area contributed by atoms with Gasteiger partial charge in [0.2, 0.25) is 8.32 Å². The first kappa shape index (κ1) is 22.7. The highest BCUT2D eigenvalue weighted by Crippen LogP contribution is 2.43. The van der Waals surface area contributed by atoms with Gasteiger partial charge in [0, 0.05) is 6.42 Å². The van der Waals surface area contributed by atoms with Crippen LogP contribution in [0.3, 0.4) is 0 Å². The van der Waals surface area contributed by atoms with Gasteiger partial charge in [-0.25, -0.2) is 0 Å². The van der Waals surface area contributed by atoms with Crippen LogP contribution in [0.1, 0.15) is 66.2 Å². The summed E-state index contributed by atoms with van der Waals surface area (Å²) in [6, 6.07) is 0. The minimum Gasteiger partial charge on any atom is -0.546 e. The van der Waals surface area contributed by atoms with Crippen molar-refractivity contribution in [3.8, 4) is 0 Å². The Bertz CT molecular complexity index is 481. The summed E-state index contributed by atoms with van der Waals surface area (Å²) in [5.74, 6) is 1.89. The first-order chi connectivity index (χ1) is 11.3. The fraction of sp³-hybridized carbons (Fsp3) is 0.857. The second-order valence-corrected chi connectivity index (χ2v) is 20.7. The average Bonchev–Trinajstić information content (AvgIpc) is 2.55. The molecule has 0 radical (unpaired) electrons. The van der Waals surface area contributed by atoms with E-state index in [4.69, 9.17) is 4.43 Å². The molecule has 0 aromatic heterocycles. The molecule has 0 saturated heterocycles. The Morgan fingerprint density at radius 3 is 2.20 bits per heavy atom. The SMILES string of the molecule is CCCCC[C@H]1CC(=O)CC(O[Si](C)(C)C(C)(C)C)=C[C@@H]1[Si](C)(C)C. The van der Waals surface area contributed by atoms with Gasteiger partial charge in [-0.2, -0.15) is 0 Å². The highest BCUT2D eigenvalue weighted by molar-refractivity contribution is 6.78. The van der Waals surface area contributed by atoms with Gasteiger partial charge in [-0.3, -0.25) is 4.79 Å². The number of hydrogen-bond donors (Lipinski definition) is 0. The first-order valence-electron chi connectivity index (χ1n) is 10.2. The van der Waals surface area contributed by atoms with E-state index in [9.17, 15) is 4.79 Å². The minimum atomic E-state index is -1.89. The van der Waals surface area contributed by atoms with Gasteiger partial charge in [-0.1, -0.05) is 66.6 Å². The molecular weight excluding hydrogens is 340 g/mol. The number of carbonyl (C=O) groups is 1. The van der Waals surface area contributed by atoms with Crippen molar-refractivity contribution in [2.24, 2.45) is 5.92 Å². The van der Waals surface area contributed by atoms with Crippen molar-refractivity contribution in [1.82, 2.24) is 0 Å². The number of rotatable bonds is 7. The van der Waals surface area contributed by atoms with Crippen molar-refractivity contribution < 1.29 is 9.22 Å². The molecule has 1 aliphatic rings. The summed E-state index contributed by atoms with van der Waals surface area (Å²) in [7, 11) is -3.29. The molecule has 2 nitrogen and oxygen atoms in total. The summed E-state index contributed by atoms with van der Waals surface area (Å²) in [5, 5.41) is 0.165. The normalized spacial score (nSPS) is 23.2. The Labute approximate surface area is 159 Å². The third-order valence-electron chi connectivity index (χ3n) is 6.11. The number of carbonyl (C=O) groups excluding carboxylic acids is 1. The van der Waals surface area contributed by atoms with Crippen LogP contribution in [0.4, 0.5) is 0 Å². The zero-order valence-electron chi connectivity index (χ0n) is 18.3. The van der Waals surface area contributed by atoms with Gasteiger partial charge in [-0.15, -0.1) is 0 Å². The van der Waals surface area contributed by atoms with Crippen LogP contribution < -0.4 is 0 Å². The Hall–Kier alpha value is -0.356. The van der Waals surface area contributed by atoms with Gasteiger partial charge in [0.1, 0.15) is 5.78 Å². The van der Waals surface area contributed by atoms with E-state index >= 15 is 0 Å². The minimum absolute atomic E-state index is 0.165. The third kappa shape index (κ3) is 6.70. The zero-order chi connectivity index (χ0) is 19.5. The van der Waals surface area contributed by atoms with E-state index in [1.807, 2.05) is 0 Å². The van der Waals surface area contributed by atoms with Crippen LogP contribution in [-0.4, -0.2) is 22.2 Å². The maximum atomic E-state index is 12.7. The lowest BCUT2D eigenvalue weighted by Crippen LogP contribution is -2.40. The van der Waals surface area contributed by atoms with Gasteiger partial charge in [-0.05, 0) is 42.1 Å². The lowest BCUT2D eigenvalue weighted by atomic mass is 9.93. The lowest BCUT2D eigenvalue weighted by molar-refractivity contribution is -0.119. The molecule has 0 N–H and O–H groups in total. The van der Waals surface area contributed by atoms with Crippen molar-refractivity contribution in [3.05, 3.63) is 11.8 Å². The first-order valence-corrected chi connectivity index (χ1v) is 16.7. The highest BCUT2D eigenvalue weighted by Gasteiger charge is 2.41. The third-order valence-corrected chi connectivity index (χ3v) is 13.1. The molecule has 25 heavy (non-hydrogen) atoms. The van der Waals surface area contributed by atoms with Crippen LogP contribution in [-0.2, 0) is 9.22 Å². The van der Waals surface area contributed by atoms with Gasteiger partial charge in [0.15, 0.2) is 0 Å². The van der Waals surface area contributed by atoms with E-state index in [2.05, 4.69) is 66.5 Å². The Kier molecular flexibility index (Phi) is 7.76. The molecular formula is C21H42O2Si2. The number of Topliss-reactive ketones (excluding diaryl/α,β-unsaturated/α-hetero) is 1. The van der Waals surface area contributed by atoms with Gasteiger partial charge in [0.25, 0.3) is 0 Å².